The van der Waals surface area contributed by atoms with E-state index in [-0.39, 0.29) is 17.3 Å². The van der Waals surface area contributed by atoms with Crippen LogP contribution in [0.1, 0.15) is 16.6 Å². The van der Waals surface area contributed by atoms with E-state index in [2.05, 4.69) is 5.32 Å². The number of fused-ring (bicyclic) bond motifs is 2. The molecule has 198 valence electrons. The molecule has 4 heterocycles. The van der Waals surface area contributed by atoms with Crippen molar-refractivity contribution in [2.45, 2.75) is 22.7 Å². The van der Waals surface area contributed by atoms with Gasteiger partial charge in [-0.1, -0.05) is 34.7 Å². The highest BCUT2D eigenvalue weighted by Gasteiger charge is 2.57. The van der Waals surface area contributed by atoms with Crippen LogP contribution in [0.4, 0.5) is 11.4 Å². The zero-order valence-corrected chi connectivity index (χ0v) is 22.7. The normalized spacial score (nSPS) is 20.1. The van der Waals surface area contributed by atoms with Crippen molar-refractivity contribution in [1.82, 2.24) is 4.57 Å². The molecule has 4 aromatic rings. The molecule has 0 aliphatic carbocycles. The first-order valence-corrected chi connectivity index (χ1v) is 13.9. The fraction of sp³-hybridized carbons (Fsp3) is 0.185. The zero-order valence-electron chi connectivity index (χ0n) is 20.3. The molecule has 2 aliphatic heterocycles. The Morgan fingerprint density at radius 1 is 1.05 bits per heavy atom. The Hall–Kier alpha value is -3.80. The van der Waals surface area contributed by atoms with Crippen molar-refractivity contribution in [2.24, 2.45) is 5.92 Å². The smallest absolute Gasteiger partial charge is 0.308 e. The number of rotatable bonds is 6. The van der Waals surface area contributed by atoms with Crippen LogP contribution in [0.3, 0.4) is 0 Å². The second kappa shape index (κ2) is 10.1. The van der Waals surface area contributed by atoms with E-state index in [0.29, 0.717) is 37.8 Å². The number of nitrogens with one attached hydrogen (secondary N) is 1. The summed E-state index contributed by atoms with van der Waals surface area (Å²) in [5.41, 5.74) is 0.969. The van der Waals surface area contributed by atoms with Gasteiger partial charge in [-0.2, -0.15) is 0 Å². The highest BCUT2D eigenvalue weighted by atomic mass is 35.5. The lowest BCUT2D eigenvalue weighted by atomic mass is 9.87. The van der Waals surface area contributed by atoms with E-state index >= 15 is 0 Å². The minimum absolute atomic E-state index is 0.255. The topological polar surface area (TPSA) is 111 Å². The molecular formula is C27H20ClN3O6S2. The Morgan fingerprint density at radius 3 is 2.46 bits per heavy atom. The molecule has 0 spiro atoms. The molecule has 1 fully saturated rings. The number of ether oxygens (including phenoxy) is 1. The number of carbonyl (C=O) groups is 3. The Balaban J connectivity index is 1.35. The van der Waals surface area contributed by atoms with Gasteiger partial charge in [0.1, 0.15) is 23.3 Å². The Kier molecular flexibility index (Phi) is 6.57. The predicted octanol–water partition coefficient (Wildman–Crippen LogP) is 4.60. The summed E-state index contributed by atoms with van der Waals surface area (Å²) < 4.78 is 12.2. The van der Waals surface area contributed by atoms with Crippen LogP contribution in [-0.4, -0.2) is 34.6 Å². The van der Waals surface area contributed by atoms with E-state index < -0.39 is 28.9 Å². The SMILES string of the molecule is COc1ccc(NC(=O)Cn2c3c(sc2=O)C(c2ccco2)C2C(=O)N(c4ccc(Cl)cc4)C(=O)C2S3)cc1. The summed E-state index contributed by atoms with van der Waals surface area (Å²) in [5, 5.41) is 2.94. The molecule has 0 bridgehead atoms. The molecule has 2 aromatic heterocycles. The second-order valence-electron chi connectivity index (χ2n) is 8.95. The first-order valence-electron chi connectivity index (χ1n) is 11.9. The zero-order chi connectivity index (χ0) is 27.3. The third-order valence-corrected chi connectivity index (χ3v) is 9.52. The highest BCUT2D eigenvalue weighted by molar-refractivity contribution is 8.00. The first-order chi connectivity index (χ1) is 18.9. The molecule has 39 heavy (non-hydrogen) atoms. The molecule has 12 heteroatoms. The lowest BCUT2D eigenvalue weighted by Crippen LogP contribution is -2.32. The minimum Gasteiger partial charge on any atom is -0.497 e. The second-order valence-corrected chi connectivity index (χ2v) is 11.5. The van der Waals surface area contributed by atoms with Crippen LogP contribution >= 0.6 is 34.7 Å². The molecule has 3 amide bonds. The number of thioether (sulfide) groups is 1. The van der Waals surface area contributed by atoms with Crippen molar-refractivity contribution >= 4 is 63.8 Å². The number of aromatic nitrogens is 1. The van der Waals surface area contributed by atoms with Crippen LogP contribution in [0.15, 0.2) is 81.2 Å². The van der Waals surface area contributed by atoms with Gasteiger partial charge in [0.2, 0.25) is 17.7 Å². The molecule has 0 radical (unpaired) electrons. The summed E-state index contributed by atoms with van der Waals surface area (Å²) in [5.74, 6) is -1.49. The van der Waals surface area contributed by atoms with Gasteiger partial charge in [-0.15, -0.1) is 0 Å². The predicted molar refractivity (Wildman–Crippen MR) is 148 cm³/mol. The number of nitrogens with zero attached hydrogens (tertiary/aromatic N) is 2. The standard InChI is InChI=1S/C27H20ClN3O6S2/c1-36-17-10-6-15(7-11-17)29-19(32)13-30-26-23(39-27(30)35)20(18-3-2-12-37-18)21-22(38-26)25(34)31(24(21)33)16-8-4-14(28)5-9-16/h2-12,20-22H,13H2,1H3,(H,29,32). The van der Waals surface area contributed by atoms with E-state index in [0.717, 1.165) is 23.1 Å². The van der Waals surface area contributed by atoms with Crippen LogP contribution in [0.25, 0.3) is 0 Å². The molecule has 1 saturated heterocycles. The Labute approximate surface area is 235 Å². The van der Waals surface area contributed by atoms with Gasteiger partial charge in [-0.3, -0.25) is 23.7 Å². The van der Waals surface area contributed by atoms with Gasteiger partial charge in [0.25, 0.3) is 0 Å². The summed E-state index contributed by atoms with van der Waals surface area (Å²) in [6.45, 7) is -0.255. The fourth-order valence-electron chi connectivity index (χ4n) is 4.89. The summed E-state index contributed by atoms with van der Waals surface area (Å²) in [7, 11) is 1.55. The molecule has 3 unspecified atom stereocenters. The molecule has 2 aliphatic rings. The maximum absolute atomic E-state index is 13.7. The van der Waals surface area contributed by atoms with Gasteiger partial charge in [0.15, 0.2) is 0 Å². The number of amides is 3. The molecule has 2 aromatic carbocycles. The van der Waals surface area contributed by atoms with Gasteiger partial charge < -0.3 is 14.5 Å². The van der Waals surface area contributed by atoms with Crippen molar-refractivity contribution in [1.29, 1.82) is 0 Å². The van der Waals surface area contributed by atoms with Crippen molar-refractivity contribution in [3.05, 3.63) is 92.3 Å². The van der Waals surface area contributed by atoms with Gasteiger partial charge in [0, 0.05) is 10.7 Å². The third kappa shape index (κ3) is 4.46. The summed E-state index contributed by atoms with van der Waals surface area (Å²) in [6, 6.07) is 16.7. The summed E-state index contributed by atoms with van der Waals surface area (Å²) >= 11 is 8.11. The molecule has 0 saturated carbocycles. The minimum atomic E-state index is -0.805. The van der Waals surface area contributed by atoms with Gasteiger partial charge >= 0.3 is 4.87 Å². The van der Waals surface area contributed by atoms with Crippen LogP contribution in [-0.2, 0) is 20.9 Å². The number of carbonyl (C=O) groups excluding carboxylic acids is 3. The Morgan fingerprint density at radius 2 is 1.79 bits per heavy atom. The average Bonchev–Trinajstić information content (AvgIpc) is 3.63. The monoisotopic (exact) mass is 581 g/mol. The lowest BCUT2D eigenvalue weighted by Gasteiger charge is -2.29. The number of halogens is 1. The number of benzene rings is 2. The van der Waals surface area contributed by atoms with E-state index in [1.807, 2.05) is 0 Å². The van der Waals surface area contributed by atoms with Gasteiger partial charge in [0.05, 0.1) is 40.8 Å². The molecule has 1 N–H and O–H groups in total. The van der Waals surface area contributed by atoms with Crippen LogP contribution in [0, 0.1) is 5.92 Å². The average molecular weight is 582 g/mol. The number of furan rings is 1. The number of hydrogen-bond acceptors (Lipinski definition) is 8. The van der Waals surface area contributed by atoms with E-state index in [1.54, 1.807) is 67.8 Å². The van der Waals surface area contributed by atoms with Crippen LogP contribution < -0.4 is 19.8 Å². The number of hydrogen-bond donors (Lipinski definition) is 1. The van der Waals surface area contributed by atoms with Crippen molar-refractivity contribution < 1.29 is 23.5 Å². The number of imide groups is 1. The molecule has 3 atom stereocenters. The van der Waals surface area contributed by atoms with E-state index in [1.165, 1.54) is 15.7 Å². The highest BCUT2D eigenvalue weighted by Crippen LogP contribution is 2.53. The molecular weight excluding hydrogens is 562 g/mol. The maximum Gasteiger partial charge on any atom is 0.308 e. The van der Waals surface area contributed by atoms with Gasteiger partial charge in [-0.05, 0) is 60.7 Å². The van der Waals surface area contributed by atoms with Gasteiger partial charge in [-0.25, -0.2) is 4.90 Å². The van der Waals surface area contributed by atoms with Crippen molar-refractivity contribution in [2.75, 3.05) is 17.3 Å². The number of anilines is 2. The van der Waals surface area contributed by atoms with Crippen molar-refractivity contribution in [3.8, 4) is 5.75 Å². The van der Waals surface area contributed by atoms with Crippen LogP contribution in [0.5, 0.6) is 5.75 Å². The maximum atomic E-state index is 13.7. The summed E-state index contributed by atoms with van der Waals surface area (Å²) in [6.07, 6.45) is 1.49. The quantitative estimate of drug-likeness (QED) is 0.331. The fourth-order valence-corrected chi connectivity index (χ4v) is 7.77. The van der Waals surface area contributed by atoms with E-state index in [4.69, 9.17) is 20.8 Å². The van der Waals surface area contributed by atoms with Crippen LogP contribution in [0.2, 0.25) is 5.02 Å². The molecule has 6 rings (SSSR count). The number of thiazole rings is 1. The van der Waals surface area contributed by atoms with E-state index in [9.17, 15) is 19.2 Å². The van der Waals surface area contributed by atoms with Crippen molar-refractivity contribution in [3.63, 3.8) is 0 Å². The first kappa shape index (κ1) is 25.5. The Bertz CT molecular complexity index is 1630. The number of methoxy groups -OCH3 is 1. The largest absolute Gasteiger partial charge is 0.497 e. The third-order valence-electron chi connectivity index (χ3n) is 6.66. The molecule has 9 nitrogen and oxygen atoms in total. The lowest BCUT2D eigenvalue weighted by molar-refractivity contribution is -0.122. The summed E-state index contributed by atoms with van der Waals surface area (Å²) in [4.78, 5) is 54.8.